The molecule has 1 saturated carbocycles. The number of hydrogen-bond acceptors (Lipinski definition) is 4. The Kier molecular flexibility index (Phi) is 3.93. The zero-order chi connectivity index (χ0) is 14.0. The summed E-state index contributed by atoms with van der Waals surface area (Å²) < 4.78 is 0. The predicted octanol–water partition coefficient (Wildman–Crippen LogP) is 2.60. The summed E-state index contributed by atoms with van der Waals surface area (Å²) in [4.78, 5) is 15.0. The Labute approximate surface area is 113 Å². The van der Waals surface area contributed by atoms with Gasteiger partial charge in [0.2, 0.25) is 0 Å². The van der Waals surface area contributed by atoms with Crippen molar-refractivity contribution >= 4 is 17.5 Å². The molecule has 0 saturated heterocycles. The van der Waals surface area contributed by atoms with E-state index in [1.165, 1.54) is 18.7 Å². The molecule has 0 amide bonds. The van der Waals surface area contributed by atoms with E-state index in [1.807, 2.05) is 0 Å². The molecule has 1 aliphatic carbocycles. The van der Waals surface area contributed by atoms with Gasteiger partial charge in [-0.15, -0.1) is 0 Å². The van der Waals surface area contributed by atoms with Gasteiger partial charge < -0.3 is 16.2 Å². The van der Waals surface area contributed by atoms with E-state index in [-0.39, 0.29) is 5.56 Å². The van der Waals surface area contributed by atoms with E-state index in [2.05, 4.69) is 24.1 Å². The fourth-order valence-electron chi connectivity index (χ4n) is 2.98. The molecule has 0 radical (unpaired) electrons. The van der Waals surface area contributed by atoms with Crippen molar-refractivity contribution in [3.63, 3.8) is 0 Å². The number of nitrogens with one attached hydrogen (secondary N) is 1. The lowest BCUT2D eigenvalue weighted by atomic mass is 9.80. The van der Waals surface area contributed by atoms with Crippen molar-refractivity contribution in [2.24, 2.45) is 11.8 Å². The second kappa shape index (κ2) is 5.47. The Morgan fingerprint density at radius 1 is 1.37 bits per heavy atom. The topological polar surface area (TPSA) is 88.2 Å². The van der Waals surface area contributed by atoms with E-state index in [0.717, 1.165) is 12.8 Å². The number of nitrogens with two attached hydrogens (primary N) is 1. The van der Waals surface area contributed by atoms with Gasteiger partial charge in [-0.25, -0.2) is 9.78 Å². The second-order valence-corrected chi connectivity index (χ2v) is 5.73. The van der Waals surface area contributed by atoms with E-state index >= 15 is 0 Å². The smallest absolute Gasteiger partial charge is 0.337 e. The Bertz CT molecular complexity index is 466. The highest BCUT2D eigenvalue weighted by atomic mass is 16.4. The van der Waals surface area contributed by atoms with Gasteiger partial charge in [-0.05, 0) is 37.2 Å². The van der Waals surface area contributed by atoms with Gasteiger partial charge in [0.05, 0.1) is 11.3 Å². The summed E-state index contributed by atoms with van der Waals surface area (Å²) in [5.74, 6) is 0.975. The molecule has 19 heavy (non-hydrogen) atoms. The summed E-state index contributed by atoms with van der Waals surface area (Å²) in [7, 11) is 0. The molecule has 1 aliphatic rings. The van der Waals surface area contributed by atoms with Crippen molar-refractivity contribution in [3.05, 3.63) is 17.8 Å². The third kappa shape index (κ3) is 3.36. The highest BCUT2D eigenvalue weighted by Crippen LogP contribution is 2.31. The minimum absolute atomic E-state index is 0.119. The van der Waals surface area contributed by atoms with Crippen LogP contribution < -0.4 is 11.1 Å². The Hall–Kier alpha value is -1.78. The molecule has 104 valence electrons. The molecular weight excluding hydrogens is 242 g/mol. The van der Waals surface area contributed by atoms with Crippen LogP contribution in [-0.2, 0) is 0 Å². The number of carboxylic acids is 1. The molecule has 4 N–H and O–H groups in total. The second-order valence-electron chi connectivity index (χ2n) is 5.73. The summed E-state index contributed by atoms with van der Waals surface area (Å²) in [5.41, 5.74) is 6.37. The average Bonchev–Trinajstić information content (AvgIpc) is 2.30. The highest BCUT2D eigenvalue weighted by molar-refractivity contribution is 5.89. The summed E-state index contributed by atoms with van der Waals surface area (Å²) in [6, 6.07) is 1.82. The van der Waals surface area contributed by atoms with Crippen molar-refractivity contribution < 1.29 is 9.90 Å². The lowest BCUT2D eigenvalue weighted by Crippen LogP contribution is -2.30. The van der Waals surface area contributed by atoms with Gasteiger partial charge in [0.25, 0.3) is 0 Å². The van der Waals surface area contributed by atoms with Gasteiger partial charge in [-0.2, -0.15) is 0 Å². The summed E-state index contributed by atoms with van der Waals surface area (Å²) >= 11 is 0. The van der Waals surface area contributed by atoms with E-state index < -0.39 is 5.97 Å². The average molecular weight is 263 g/mol. The molecule has 1 aromatic rings. The van der Waals surface area contributed by atoms with Crippen molar-refractivity contribution in [1.29, 1.82) is 0 Å². The highest BCUT2D eigenvalue weighted by Gasteiger charge is 2.24. The molecule has 2 atom stereocenters. The van der Waals surface area contributed by atoms with Gasteiger partial charge in [0, 0.05) is 12.2 Å². The maximum Gasteiger partial charge on any atom is 0.337 e. The number of nitrogen functional groups attached to an aromatic ring is 1. The molecule has 2 rings (SSSR count). The van der Waals surface area contributed by atoms with Crippen molar-refractivity contribution in [2.45, 2.75) is 39.2 Å². The first-order valence-corrected chi connectivity index (χ1v) is 6.71. The Morgan fingerprint density at radius 2 is 2.00 bits per heavy atom. The van der Waals surface area contributed by atoms with E-state index in [9.17, 15) is 4.79 Å². The largest absolute Gasteiger partial charge is 0.478 e. The van der Waals surface area contributed by atoms with Gasteiger partial charge in [-0.1, -0.05) is 13.8 Å². The molecule has 0 aliphatic heterocycles. The van der Waals surface area contributed by atoms with Gasteiger partial charge in [-0.3, -0.25) is 0 Å². The van der Waals surface area contributed by atoms with Crippen molar-refractivity contribution in [1.82, 2.24) is 4.98 Å². The van der Waals surface area contributed by atoms with E-state index in [4.69, 9.17) is 10.8 Å². The predicted molar refractivity (Wildman–Crippen MR) is 75.2 cm³/mol. The first kappa shape index (κ1) is 13.6. The first-order chi connectivity index (χ1) is 8.95. The number of pyridine rings is 1. The van der Waals surface area contributed by atoms with Crippen LogP contribution in [-0.4, -0.2) is 22.1 Å². The zero-order valence-corrected chi connectivity index (χ0v) is 11.4. The quantitative estimate of drug-likeness (QED) is 0.780. The van der Waals surface area contributed by atoms with Crippen LogP contribution in [0.2, 0.25) is 0 Å². The lowest BCUT2D eigenvalue weighted by molar-refractivity contribution is 0.0696. The minimum Gasteiger partial charge on any atom is -0.478 e. The van der Waals surface area contributed by atoms with Crippen LogP contribution in [0.5, 0.6) is 0 Å². The van der Waals surface area contributed by atoms with Crippen LogP contribution in [0, 0.1) is 11.8 Å². The maximum atomic E-state index is 10.8. The van der Waals surface area contributed by atoms with Crippen LogP contribution in [0.1, 0.15) is 43.5 Å². The fourth-order valence-corrected chi connectivity index (χ4v) is 2.98. The van der Waals surface area contributed by atoms with Crippen molar-refractivity contribution in [3.8, 4) is 0 Å². The third-order valence-corrected chi connectivity index (χ3v) is 3.68. The van der Waals surface area contributed by atoms with Crippen LogP contribution in [0.3, 0.4) is 0 Å². The number of hydrogen-bond donors (Lipinski definition) is 3. The van der Waals surface area contributed by atoms with Crippen molar-refractivity contribution in [2.75, 3.05) is 11.1 Å². The minimum atomic E-state index is -1.01. The number of aromatic nitrogens is 1. The Morgan fingerprint density at radius 3 is 2.53 bits per heavy atom. The number of nitrogens with zero attached hydrogens (tertiary/aromatic N) is 1. The number of aromatic carboxylic acids is 1. The maximum absolute atomic E-state index is 10.8. The molecule has 5 heteroatoms. The van der Waals surface area contributed by atoms with Crippen LogP contribution in [0.15, 0.2) is 12.3 Å². The number of carbonyl (C=O) groups is 1. The summed E-state index contributed by atoms with van der Waals surface area (Å²) in [6.07, 6.45) is 4.81. The zero-order valence-electron chi connectivity index (χ0n) is 11.4. The molecule has 0 bridgehead atoms. The number of anilines is 2. The monoisotopic (exact) mass is 263 g/mol. The standard InChI is InChI=1S/C14H21N3O2/c1-8-3-9(2)5-11(4-8)17-13-12(15)6-10(7-16-13)14(18)19/h6-9,11H,3-5,15H2,1-2H3,(H,16,17)(H,18,19). The number of rotatable bonds is 3. The van der Waals surface area contributed by atoms with Gasteiger partial charge in [0.1, 0.15) is 5.82 Å². The fraction of sp³-hybridized carbons (Fsp3) is 0.571. The van der Waals surface area contributed by atoms with E-state index in [1.54, 1.807) is 0 Å². The third-order valence-electron chi connectivity index (χ3n) is 3.68. The summed E-state index contributed by atoms with van der Waals surface area (Å²) in [6.45, 7) is 4.52. The molecule has 1 heterocycles. The molecular formula is C14H21N3O2. The molecule has 2 unspecified atom stereocenters. The SMILES string of the molecule is CC1CC(C)CC(Nc2ncc(C(=O)O)cc2N)C1. The first-order valence-electron chi connectivity index (χ1n) is 6.71. The van der Waals surface area contributed by atoms with Crippen LogP contribution >= 0.6 is 0 Å². The number of carboxylic acid groups (broad SMARTS) is 1. The molecule has 0 spiro atoms. The normalized spacial score (nSPS) is 26.9. The molecule has 1 fully saturated rings. The molecule has 5 nitrogen and oxygen atoms in total. The van der Waals surface area contributed by atoms with E-state index in [0.29, 0.717) is 29.4 Å². The lowest BCUT2D eigenvalue weighted by Gasteiger charge is -2.32. The summed E-state index contributed by atoms with van der Waals surface area (Å²) in [5, 5.41) is 12.2. The Balaban J connectivity index is 2.08. The molecule has 0 aromatic carbocycles. The van der Waals surface area contributed by atoms with Crippen LogP contribution in [0.25, 0.3) is 0 Å². The van der Waals surface area contributed by atoms with Gasteiger partial charge >= 0.3 is 5.97 Å². The molecule has 1 aromatic heterocycles. The van der Waals surface area contributed by atoms with Crippen LogP contribution in [0.4, 0.5) is 11.5 Å². The van der Waals surface area contributed by atoms with Gasteiger partial charge in [0.15, 0.2) is 0 Å².